The van der Waals surface area contributed by atoms with Gasteiger partial charge in [-0.3, -0.25) is 14.5 Å². The number of carbonyl (C=O) groups is 2. The van der Waals surface area contributed by atoms with Crippen molar-refractivity contribution in [3.63, 3.8) is 0 Å². The van der Waals surface area contributed by atoms with Gasteiger partial charge in [0.25, 0.3) is 5.91 Å². The fourth-order valence-electron chi connectivity index (χ4n) is 3.31. The number of nitrogens with zero attached hydrogens (tertiary/aromatic N) is 2. The summed E-state index contributed by atoms with van der Waals surface area (Å²) in [6.45, 7) is 9.46. The lowest BCUT2D eigenvalue weighted by molar-refractivity contribution is -0.145. The maximum absolute atomic E-state index is 12.5. The fourth-order valence-corrected chi connectivity index (χ4v) is 3.31. The lowest BCUT2D eigenvalue weighted by Crippen LogP contribution is -2.57. The van der Waals surface area contributed by atoms with E-state index in [-0.39, 0.29) is 11.7 Å². The predicted molar refractivity (Wildman–Crippen MR) is 93.9 cm³/mol. The molecule has 6 nitrogen and oxygen atoms in total. The molecule has 0 saturated carbocycles. The van der Waals surface area contributed by atoms with Gasteiger partial charge in [-0.1, -0.05) is 12.1 Å². The van der Waals surface area contributed by atoms with Crippen LogP contribution in [0.5, 0.6) is 5.75 Å². The molecule has 0 spiro atoms. The van der Waals surface area contributed by atoms with Gasteiger partial charge < -0.3 is 14.4 Å². The number of morpholine rings is 1. The number of likely N-dealkylation sites (tertiary alicyclic amines) is 1. The molecule has 2 fully saturated rings. The molecule has 2 aliphatic heterocycles. The Morgan fingerprint density at radius 1 is 1.28 bits per heavy atom. The lowest BCUT2D eigenvalue weighted by atomic mass is 9.98. The van der Waals surface area contributed by atoms with Gasteiger partial charge in [-0.2, -0.15) is 0 Å². The average molecular weight is 346 g/mol. The highest BCUT2D eigenvalue weighted by Gasteiger charge is 2.34. The van der Waals surface area contributed by atoms with Crippen LogP contribution in [0.3, 0.4) is 0 Å². The highest BCUT2D eigenvalue weighted by Crippen LogP contribution is 2.21. The van der Waals surface area contributed by atoms with E-state index in [1.54, 1.807) is 31.2 Å². The van der Waals surface area contributed by atoms with Crippen LogP contribution in [0.2, 0.25) is 0 Å². The summed E-state index contributed by atoms with van der Waals surface area (Å²) in [6.07, 6.45) is -0.549. The molecular weight excluding hydrogens is 320 g/mol. The van der Waals surface area contributed by atoms with Crippen LogP contribution >= 0.6 is 0 Å². The van der Waals surface area contributed by atoms with Crippen molar-refractivity contribution in [3.8, 4) is 5.75 Å². The number of ketones is 1. The van der Waals surface area contributed by atoms with Gasteiger partial charge in [-0.05, 0) is 26.0 Å². The van der Waals surface area contributed by atoms with E-state index in [0.717, 1.165) is 45.9 Å². The van der Waals surface area contributed by atoms with E-state index in [1.807, 2.05) is 4.90 Å². The minimum atomic E-state index is -0.549. The van der Waals surface area contributed by atoms with Gasteiger partial charge >= 0.3 is 0 Å². The first-order chi connectivity index (χ1) is 12.0. The van der Waals surface area contributed by atoms with Crippen molar-refractivity contribution < 1.29 is 19.1 Å². The largest absolute Gasteiger partial charge is 0.481 e. The number of hydrogen-bond acceptors (Lipinski definition) is 5. The molecule has 1 atom stereocenters. The summed E-state index contributed by atoms with van der Waals surface area (Å²) >= 11 is 0. The molecule has 1 amide bonds. The number of benzene rings is 1. The minimum Gasteiger partial charge on any atom is -0.481 e. The topological polar surface area (TPSA) is 59.1 Å². The quantitative estimate of drug-likeness (QED) is 0.730. The van der Waals surface area contributed by atoms with Crippen molar-refractivity contribution in [1.29, 1.82) is 0 Å². The first-order valence-corrected chi connectivity index (χ1v) is 8.89. The average Bonchev–Trinajstić information content (AvgIpc) is 2.58. The van der Waals surface area contributed by atoms with Gasteiger partial charge in [0.15, 0.2) is 11.9 Å². The van der Waals surface area contributed by atoms with Crippen LogP contribution < -0.4 is 4.74 Å². The Morgan fingerprint density at radius 3 is 2.68 bits per heavy atom. The first-order valence-electron chi connectivity index (χ1n) is 8.89. The zero-order valence-corrected chi connectivity index (χ0v) is 14.9. The van der Waals surface area contributed by atoms with Crippen LogP contribution in [0.15, 0.2) is 24.3 Å². The van der Waals surface area contributed by atoms with Crippen LogP contribution in [0, 0.1) is 5.92 Å². The van der Waals surface area contributed by atoms with E-state index in [4.69, 9.17) is 9.47 Å². The molecule has 0 N–H and O–H groups in total. The molecule has 2 heterocycles. The molecule has 0 bridgehead atoms. The second-order valence-electron chi connectivity index (χ2n) is 6.87. The summed E-state index contributed by atoms with van der Waals surface area (Å²) in [5.41, 5.74) is 0.590. The van der Waals surface area contributed by atoms with Gasteiger partial charge in [0.2, 0.25) is 0 Å². The molecule has 1 aromatic rings. The number of amides is 1. The maximum Gasteiger partial charge on any atom is 0.263 e. The number of hydrogen-bond donors (Lipinski definition) is 0. The third kappa shape index (κ3) is 4.58. The van der Waals surface area contributed by atoms with E-state index in [1.165, 1.54) is 6.92 Å². The number of rotatable bonds is 6. The number of Topliss-reactive ketones (excluding diaryl/α,β-unsaturated/α-hetero) is 1. The van der Waals surface area contributed by atoms with Crippen LogP contribution in [0.4, 0.5) is 0 Å². The van der Waals surface area contributed by atoms with E-state index in [2.05, 4.69) is 4.90 Å². The van der Waals surface area contributed by atoms with Gasteiger partial charge in [0.1, 0.15) is 5.75 Å². The van der Waals surface area contributed by atoms with Gasteiger partial charge in [0.05, 0.1) is 13.2 Å². The normalized spacial score (nSPS) is 20.0. The van der Waals surface area contributed by atoms with E-state index in [9.17, 15) is 9.59 Å². The molecule has 2 saturated heterocycles. The molecule has 0 aliphatic carbocycles. The van der Waals surface area contributed by atoms with E-state index in [0.29, 0.717) is 17.2 Å². The summed E-state index contributed by atoms with van der Waals surface area (Å²) in [7, 11) is 0. The summed E-state index contributed by atoms with van der Waals surface area (Å²) in [4.78, 5) is 28.2. The second kappa shape index (κ2) is 7.97. The summed E-state index contributed by atoms with van der Waals surface area (Å²) in [6, 6.07) is 6.97. The third-order valence-electron chi connectivity index (χ3n) is 4.79. The van der Waals surface area contributed by atoms with E-state index < -0.39 is 6.10 Å². The van der Waals surface area contributed by atoms with Crippen LogP contribution in [0.1, 0.15) is 24.2 Å². The first kappa shape index (κ1) is 17.9. The zero-order chi connectivity index (χ0) is 17.8. The van der Waals surface area contributed by atoms with Crippen LogP contribution in [0.25, 0.3) is 0 Å². The Balaban J connectivity index is 1.45. The number of carbonyl (C=O) groups excluding carboxylic acids is 2. The summed E-state index contributed by atoms with van der Waals surface area (Å²) < 4.78 is 11.1. The lowest BCUT2D eigenvalue weighted by Gasteiger charge is -2.43. The Hall–Kier alpha value is -1.92. The molecule has 1 aromatic carbocycles. The molecular formula is C19H26N2O4. The minimum absolute atomic E-state index is 0.00598. The predicted octanol–water partition coefficient (Wildman–Crippen LogP) is 1.45. The van der Waals surface area contributed by atoms with Crippen molar-refractivity contribution in [3.05, 3.63) is 29.8 Å². The smallest absolute Gasteiger partial charge is 0.263 e. The van der Waals surface area contributed by atoms with Gasteiger partial charge in [-0.15, -0.1) is 0 Å². The molecule has 0 aromatic heterocycles. The Labute approximate surface area is 148 Å². The highest BCUT2D eigenvalue weighted by molar-refractivity contribution is 5.94. The monoisotopic (exact) mass is 346 g/mol. The van der Waals surface area contributed by atoms with Crippen LogP contribution in [-0.4, -0.2) is 73.5 Å². The Bertz CT molecular complexity index is 622. The van der Waals surface area contributed by atoms with Crippen molar-refractivity contribution >= 4 is 11.7 Å². The van der Waals surface area contributed by atoms with E-state index >= 15 is 0 Å². The van der Waals surface area contributed by atoms with Crippen LogP contribution in [-0.2, 0) is 9.53 Å². The fraction of sp³-hybridized carbons (Fsp3) is 0.579. The molecule has 3 rings (SSSR count). The standard InChI is InChI=1S/C19H26N2O4/c1-14(22)17-4-3-5-18(10-17)25-15(2)19(23)21-12-16(13-21)11-20-6-8-24-9-7-20/h3-5,10,15-16H,6-9,11-13H2,1-2H3. The molecule has 136 valence electrons. The second-order valence-corrected chi connectivity index (χ2v) is 6.87. The SMILES string of the molecule is CC(=O)c1cccc(OC(C)C(=O)N2CC(CN3CCOCC3)C2)c1. The van der Waals surface area contributed by atoms with Gasteiger partial charge in [0, 0.05) is 44.2 Å². The van der Waals surface area contributed by atoms with Crippen molar-refractivity contribution in [1.82, 2.24) is 9.80 Å². The highest BCUT2D eigenvalue weighted by atomic mass is 16.5. The molecule has 25 heavy (non-hydrogen) atoms. The maximum atomic E-state index is 12.5. The van der Waals surface area contributed by atoms with Crippen molar-refractivity contribution in [2.45, 2.75) is 20.0 Å². The molecule has 6 heteroatoms. The third-order valence-corrected chi connectivity index (χ3v) is 4.79. The molecule has 0 radical (unpaired) electrons. The number of ether oxygens (including phenoxy) is 2. The van der Waals surface area contributed by atoms with Crippen molar-refractivity contribution in [2.75, 3.05) is 45.9 Å². The zero-order valence-electron chi connectivity index (χ0n) is 14.9. The summed E-state index contributed by atoms with van der Waals surface area (Å²) in [5.74, 6) is 1.08. The van der Waals surface area contributed by atoms with Crippen molar-refractivity contribution in [2.24, 2.45) is 5.92 Å². The Kier molecular flexibility index (Phi) is 5.71. The molecule has 1 unspecified atom stereocenters. The summed E-state index contributed by atoms with van der Waals surface area (Å²) in [5, 5.41) is 0. The van der Waals surface area contributed by atoms with Gasteiger partial charge in [-0.25, -0.2) is 0 Å². The Morgan fingerprint density at radius 2 is 2.00 bits per heavy atom. The molecule has 2 aliphatic rings.